The van der Waals surface area contributed by atoms with Crippen LogP contribution in [0.1, 0.15) is 28.8 Å². The Kier molecular flexibility index (Phi) is 7.11. The number of benzene rings is 2. The summed E-state index contributed by atoms with van der Waals surface area (Å²) in [5, 5.41) is 2.76. The van der Waals surface area contributed by atoms with E-state index in [9.17, 15) is 21.6 Å². The summed E-state index contributed by atoms with van der Waals surface area (Å²) in [5.41, 5.74) is 1.24. The molecule has 0 bridgehead atoms. The number of carbonyl (C=O) groups excluding carboxylic acids is 1. The summed E-state index contributed by atoms with van der Waals surface area (Å²) in [5.74, 6) is -0.139. The van der Waals surface area contributed by atoms with Gasteiger partial charge in [0.2, 0.25) is 20.0 Å². The Balaban J connectivity index is 1.73. The van der Waals surface area contributed by atoms with Crippen molar-refractivity contribution < 1.29 is 26.4 Å². The van der Waals surface area contributed by atoms with E-state index in [4.69, 9.17) is 4.74 Å². The van der Waals surface area contributed by atoms with Crippen molar-refractivity contribution >= 4 is 31.6 Å². The quantitative estimate of drug-likeness (QED) is 0.615. The van der Waals surface area contributed by atoms with E-state index in [0.29, 0.717) is 24.5 Å². The van der Waals surface area contributed by atoms with Gasteiger partial charge in [0.05, 0.1) is 29.5 Å². The molecule has 1 aliphatic rings. The van der Waals surface area contributed by atoms with Gasteiger partial charge in [-0.15, -0.1) is 0 Å². The van der Waals surface area contributed by atoms with Gasteiger partial charge in [-0.05, 0) is 48.7 Å². The molecule has 0 spiro atoms. The summed E-state index contributed by atoms with van der Waals surface area (Å²) >= 11 is 0. The van der Waals surface area contributed by atoms with Crippen LogP contribution in [-0.2, 0) is 26.6 Å². The van der Waals surface area contributed by atoms with E-state index in [1.807, 2.05) is 0 Å². The summed E-state index contributed by atoms with van der Waals surface area (Å²) in [6.07, 6.45) is 2.81. The van der Waals surface area contributed by atoms with Gasteiger partial charge in [0.25, 0.3) is 5.91 Å². The van der Waals surface area contributed by atoms with Crippen molar-refractivity contribution in [2.24, 2.45) is 0 Å². The molecule has 1 aliphatic heterocycles. The molecule has 1 heterocycles. The van der Waals surface area contributed by atoms with Gasteiger partial charge in [0.15, 0.2) is 0 Å². The number of hydrogen-bond acceptors (Lipinski definition) is 6. The lowest BCUT2D eigenvalue weighted by molar-refractivity contribution is 0.0948. The van der Waals surface area contributed by atoms with Gasteiger partial charge in [0.1, 0.15) is 5.75 Å². The summed E-state index contributed by atoms with van der Waals surface area (Å²) in [6.45, 7) is 1.24. The first kappa shape index (κ1) is 24.0. The second-order valence-corrected chi connectivity index (χ2v) is 11.5. The van der Waals surface area contributed by atoms with Crippen molar-refractivity contribution in [2.45, 2.75) is 24.3 Å². The fourth-order valence-electron chi connectivity index (χ4n) is 3.40. The second-order valence-electron chi connectivity index (χ2n) is 7.55. The first-order chi connectivity index (χ1) is 15.0. The third-order valence-corrected chi connectivity index (χ3v) is 8.49. The van der Waals surface area contributed by atoms with Crippen molar-refractivity contribution in [1.82, 2.24) is 9.62 Å². The number of nitrogens with zero attached hydrogens (tertiary/aromatic N) is 2. The van der Waals surface area contributed by atoms with E-state index >= 15 is 0 Å². The smallest absolute Gasteiger partial charge is 0.255 e. The molecule has 0 unspecified atom stereocenters. The van der Waals surface area contributed by atoms with Gasteiger partial charge in [0, 0.05) is 26.7 Å². The molecule has 0 atom stereocenters. The summed E-state index contributed by atoms with van der Waals surface area (Å²) in [7, 11) is -4.15. The maximum absolute atomic E-state index is 12.8. The summed E-state index contributed by atoms with van der Waals surface area (Å²) in [6, 6.07) is 10.9. The molecule has 2 aromatic carbocycles. The fourth-order valence-corrected chi connectivity index (χ4v) is 5.41. The number of amides is 1. The molecular formula is C21H27N3O6S2. The number of methoxy groups -OCH3 is 1. The number of sulfonamides is 2. The SMILES string of the molecule is COc1ccc(N(C)S(C)(=O)=O)cc1C(=O)NCc1ccc(S(=O)(=O)N2CCCC2)cc1. The highest BCUT2D eigenvalue weighted by molar-refractivity contribution is 7.92. The summed E-state index contributed by atoms with van der Waals surface area (Å²) < 4.78 is 56.7. The van der Waals surface area contributed by atoms with Crippen LogP contribution in [0.5, 0.6) is 5.75 Å². The van der Waals surface area contributed by atoms with Gasteiger partial charge < -0.3 is 10.1 Å². The van der Waals surface area contributed by atoms with Crippen molar-refractivity contribution in [3.05, 3.63) is 53.6 Å². The molecule has 174 valence electrons. The minimum absolute atomic E-state index is 0.165. The predicted molar refractivity (Wildman–Crippen MR) is 122 cm³/mol. The number of carbonyl (C=O) groups is 1. The second kappa shape index (κ2) is 9.47. The minimum Gasteiger partial charge on any atom is -0.496 e. The van der Waals surface area contributed by atoms with Gasteiger partial charge >= 0.3 is 0 Å². The van der Waals surface area contributed by atoms with Gasteiger partial charge in [-0.1, -0.05) is 12.1 Å². The van der Waals surface area contributed by atoms with E-state index < -0.39 is 26.0 Å². The molecule has 0 aliphatic carbocycles. The van der Waals surface area contributed by atoms with Crippen LogP contribution in [0.2, 0.25) is 0 Å². The van der Waals surface area contributed by atoms with E-state index in [2.05, 4.69) is 5.32 Å². The van der Waals surface area contributed by atoms with Crippen LogP contribution in [0.25, 0.3) is 0 Å². The number of rotatable bonds is 8. The number of hydrogen-bond donors (Lipinski definition) is 1. The Hall–Kier alpha value is -2.63. The highest BCUT2D eigenvalue weighted by Crippen LogP contribution is 2.26. The topological polar surface area (TPSA) is 113 Å². The molecule has 0 radical (unpaired) electrons. The Bertz CT molecular complexity index is 1190. The van der Waals surface area contributed by atoms with Crippen LogP contribution in [0.3, 0.4) is 0 Å². The molecule has 1 amide bonds. The molecule has 1 fully saturated rings. The molecule has 1 N–H and O–H groups in total. The van der Waals surface area contributed by atoms with Gasteiger partial charge in [-0.2, -0.15) is 4.31 Å². The van der Waals surface area contributed by atoms with Crippen LogP contribution < -0.4 is 14.4 Å². The first-order valence-corrected chi connectivity index (χ1v) is 13.3. The highest BCUT2D eigenvalue weighted by atomic mass is 32.2. The number of ether oxygens (including phenoxy) is 1. The Labute approximate surface area is 189 Å². The first-order valence-electron chi connectivity index (χ1n) is 10.0. The van der Waals surface area contributed by atoms with Gasteiger partial charge in [-0.25, -0.2) is 16.8 Å². The lowest BCUT2D eigenvalue weighted by Gasteiger charge is -2.18. The summed E-state index contributed by atoms with van der Waals surface area (Å²) in [4.78, 5) is 13.0. The van der Waals surface area contributed by atoms with E-state index in [-0.39, 0.29) is 17.0 Å². The number of nitrogens with one attached hydrogen (secondary N) is 1. The Morgan fingerprint density at radius 2 is 1.69 bits per heavy atom. The third-order valence-electron chi connectivity index (χ3n) is 5.37. The van der Waals surface area contributed by atoms with E-state index in [1.165, 1.54) is 42.7 Å². The van der Waals surface area contributed by atoms with Crippen LogP contribution in [0.4, 0.5) is 5.69 Å². The molecule has 11 heteroatoms. The predicted octanol–water partition coefficient (Wildman–Crippen LogP) is 1.81. The fraction of sp³-hybridized carbons (Fsp3) is 0.381. The van der Waals surface area contributed by atoms with Crippen molar-refractivity contribution in [3.8, 4) is 5.75 Å². The molecule has 9 nitrogen and oxygen atoms in total. The molecule has 3 rings (SSSR count). The van der Waals surface area contributed by atoms with Crippen LogP contribution in [0.15, 0.2) is 47.4 Å². The van der Waals surface area contributed by atoms with Crippen LogP contribution >= 0.6 is 0 Å². The monoisotopic (exact) mass is 481 g/mol. The Morgan fingerprint density at radius 3 is 2.25 bits per heavy atom. The van der Waals surface area contributed by atoms with Crippen molar-refractivity contribution in [3.63, 3.8) is 0 Å². The zero-order valence-electron chi connectivity index (χ0n) is 18.2. The molecule has 0 aromatic heterocycles. The van der Waals surface area contributed by atoms with Crippen molar-refractivity contribution in [1.29, 1.82) is 0 Å². The minimum atomic E-state index is -3.49. The molecule has 0 saturated carbocycles. The van der Waals surface area contributed by atoms with Gasteiger partial charge in [-0.3, -0.25) is 9.10 Å². The lowest BCUT2D eigenvalue weighted by atomic mass is 10.1. The number of anilines is 1. The molecule has 1 saturated heterocycles. The van der Waals surface area contributed by atoms with Crippen LogP contribution in [-0.4, -0.2) is 60.6 Å². The largest absolute Gasteiger partial charge is 0.496 e. The molecular weight excluding hydrogens is 454 g/mol. The van der Waals surface area contributed by atoms with Crippen molar-refractivity contribution in [2.75, 3.05) is 37.8 Å². The third kappa shape index (κ3) is 5.22. The van der Waals surface area contributed by atoms with E-state index in [1.54, 1.807) is 18.2 Å². The zero-order chi connectivity index (χ0) is 23.5. The standard InChI is InChI=1S/C21H27N3O6S2/c1-23(31(3,26)27)17-8-11-20(30-2)19(14-17)21(25)22-15-16-6-9-18(10-7-16)32(28,29)24-12-4-5-13-24/h6-11,14H,4-5,12-13,15H2,1-3H3,(H,22,25). The lowest BCUT2D eigenvalue weighted by Crippen LogP contribution is -2.28. The highest BCUT2D eigenvalue weighted by Gasteiger charge is 2.27. The van der Waals surface area contributed by atoms with Crippen LogP contribution in [0, 0.1) is 0 Å². The zero-order valence-corrected chi connectivity index (χ0v) is 19.9. The maximum Gasteiger partial charge on any atom is 0.255 e. The maximum atomic E-state index is 12.8. The Morgan fingerprint density at radius 1 is 1.06 bits per heavy atom. The molecule has 2 aromatic rings. The average Bonchev–Trinajstić information content (AvgIpc) is 3.32. The molecule has 32 heavy (non-hydrogen) atoms. The van der Waals surface area contributed by atoms with E-state index in [0.717, 1.165) is 29.0 Å². The average molecular weight is 482 g/mol. The normalized spacial score (nSPS) is 14.8.